The molecule has 0 spiro atoms. The van der Waals surface area contributed by atoms with E-state index in [4.69, 9.17) is 12.2 Å². The minimum atomic E-state index is -1.16. The van der Waals surface area contributed by atoms with Gasteiger partial charge in [-0.2, -0.15) is 0 Å². The summed E-state index contributed by atoms with van der Waals surface area (Å²) in [5, 5.41) is 9.29. The molecule has 29 heavy (non-hydrogen) atoms. The third-order valence-electron chi connectivity index (χ3n) is 4.88. The number of carbonyl (C=O) groups excluding carboxylic acids is 2. The molecule has 0 radical (unpaired) electrons. The molecule has 4 rings (SSSR count). The van der Waals surface area contributed by atoms with Gasteiger partial charge in [-0.05, 0) is 18.6 Å². The van der Waals surface area contributed by atoms with Gasteiger partial charge in [0, 0.05) is 5.56 Å². The first-order valence-corrected chi connectivity index (χ1v) is 10.1. The Bertz CT molecular complexity index is 1080. The summed E-state index contributed by atoms with van der Waals surface area (Å²) in [6.07, 6.45) is 0. The summed E-state index contributed by atoms with van der Waals surface area (Å²) in [5.41, 5.74) is 2.60. The second kappa shape index (κ2) is 7.46. The topological polar surface area (TPSA) is 77.9 Å². The van der Waals surface area contributed by atoms with Crippen LogP contribution in [0.4, 0.5) is 5.69 Å². The number of nitrogens with zero attached hydrogens (tertiary/aromatic N) is 2. The fourth-order valence-corrected chi connectivity index (χ4v) is 4.89. The van der Waals surface area contributed by atoms with Gasteiger partial charge in [0.1, 0.15) is 10.4 Å². The summed E-state index contributed by atoms with van der Waals surface area (Å²) < 4.78 is 0.138. The third kappa shape index (κ3) is 3.24. The number of amides is 2. The SMILES string of the molecule is C[C@H](C(=O)O)N1C(=O)/C(=C2/C(=O)N(Cc3ccccc3)c3ccccc32)SC1=S. The summed E-state index contributed by atoms with van der Waals surface area (Å²) >= 11 is 6.22. The Morgan fingerprint density at radius 2 is 1.72 bits per heavy atom. The van der Waals surface area contributed by atoms with Gasteiger partial charge in [0.05, 0.1) is 22.7 Å². The highest BCUT2D eigenvalue weighted by atomic mass is 32.2. The number of rotatable bonds is 4. The number of anilines is 1. The maximum atomic E-state index is 13.3. The van der Waals surface area contributed by atoms with E-state index in [2.05, 4.69) is 0 Å². The number of carboxylic acid groups (broad SMARTS) is 1. The molecule has 0 saturated carbocycles. The van der Waals surface area contributed by atoms with Crippen molar-refractivity contribution in [3.63, 3.8) is 0 Å². The molecule has 1 atom stereocenters. The molecule has 1 fully saturated rings. The molecule has 2 aliphatic rings. The number of thioether (sulfide) groups is 1. The van der Waals surface area contributed by atoms with E-state index in [1.54, 1.807) is 17.0 Å². The van der Waals surface area contributed by atoms with Gasteiger partial charge in [0.2, 0.25) is 0 Å². The highest BCUT2D eigenvalue weighted by molar-refractivity contribution is 8.26. The maximum Gasteiger partial charge on any atom is 0.326 e. The van der Waals surface area contributed by atoms with Crippen LogP contribution in [0.3, 0.4) is 0 Å². The number of carbonyl (C=O) groups is 3. The zero-order valence-corrected chi connectivity index (χ0v) is 17.0. The normalized spacial score (nSPS) is 19.7. The van der Waals surface area contributed by atoms with E-state index in [1.807, 2.05) is 42.5 Å². The molecular weight excluding hydrogens is 408 g/mol. The highest BCUT2D eigenvalue weighted by Crippen LogP contribution is 2.45. The molecule has 8 heteroatoms. The Labute approximate surface area is 176 Å². The molecule has 0 unspecified atom stereocenters. The molecule has 0 aliphatic carbocycles. The minimum absolute atomic E-state index is 0.138. The van der Waals surface area contributed by atoms with Crippen molar-refractivity contribution < 1.29 is 19.5 Å². The van der Waals surface area contributed by atoms with Crippen LogP contribution in [0.25, 0.3) is 5.57 Å². The van der Waals surface area contributed by atoms with Gasteiger partial charge in [0.25, 0.3) is 11.8 Å². The monoisotopic (exact) mass is 424 g/mol. The van der Waals surface area contributed by atoms with E-state index in [9.17, 15) is 19.5 Å². The lowest BCUT2D eigenvalue weighted by atomic mass is 10.1. The lowest BCUT2D eigenvalue weighted by Gasteiger charge is -2.19. The highest BCUT2D eigenvalue weighted by Gasteiger charge is 2.44. The van der Waals surface area contributed by atoms with Crippen LogP contribution < -0.4 is 4.90 Å². The van der Waals surface area contributed by atoms with Gasteiger partial charge in [-0.25, -0.2) is 4.79 Å². The molecule has 6 nitrogen and oxygen atoms in total. The van der Waals surface area contributed by atoms with Crippen LogP contribution in [0.5, 0.6) is 0 Å². The largest absolute Gasteiger partial charge is 0.480 e. The number of hydrogen-bond donors (Lipinski definition) is 1. The molecule has 2 aromatic carbocycles. The zero-order valence-electron chi connectivity index (χ0n) is 15.4. The lowest BCUT2D eigenvalue weighted by molar-refractivity contribution is -0.144. The summed E-state index contributed by atoms with van der Waals surface area (Å²) in [5.74, 6) is -2.00. The Morgan fingerprint density at radius 3 is 2.41 bits per heavy atom. The zero-order chi connectivity index (χ0) is 20.7. The van der Waals surface area contributed by atoms with E-state index in [0.717, 1.165) is 22.2 Å². The number of thiocarbonyl (C=S) groups is 1. The number of hydrogen-bond acceptors (Lipinski definition) is 5. The number of para-hydroxylation sites is 1. The van der Waals surface area contributed by atoms with E-state index in [-0.39, 0.29) is 20.7 Å². The second-order valence-electron chi connectivity index (χ2n) is 6.66. The summed E-state index contributed by atoms with van der Waals surface area (Å²) in [6, 6.07) is 15.7. The van der Waals surface area contributed by atoms with Crippen LogP contribution in [-0.4, -0.2) is 38.2 Å². The van der Waals surface area contributed by atoms with Gasteiger partial charge in [-0.15, -0.1) is 0 Å². The predicted octanol–water partition coefficient (Wildman–Crippen LogP) is 3.28. The Balaban J connectivity index is 1.79. The number of aliphatic carboxylic acids is 1. The van der Waals surface area contributed by atoms with Gasteiger partial charge < -0.3 is 10.0 Å². The Kier molecular flexibility index (Phi) is 4.97. The van der Waals surface area contributed by atoms with Crippen LogP contribution in [-0.2, 0) is 20.9 Å². The van der Waals surface area contributed by atoms with Crippen molar-refractivity contribution in [2.75, 3.05) is 4.90 Å². The fraction of sp³-hybridized carbons (Fsp3) is 0.143. The summed E-state index contributed by atoms with van der Waals surface area (Å²) in [7, 11) is 0. The van der Waals surface area contributed by atoms with Crippen LogP contribution in [0, 0.1) is 0 Å². The van der Waals surface area contributed by atoms with Crippen molar-refractivity contribution in [2.45, 2.75) is 19.5 Å². The third-order valence-corrected chi connectivity index (χ3v) is 6.28. The van der Waals surface area contributed by atoms with Gasteiger partial charge in [-0.1, -0.05) is 72.5 Å². The quantitative estimate of drug-likeness (QED) is 0.600. The van der Waals surface area contributed by atoms with Crippen molar-refractivity contribution >= 4 is 57.3 Å². The predicted molar refractivity (Wildman–Crippen MR) is 115 cm³/mol. The van der Waals surface area contributed by atoms with Crippen molar-refractivity contribution in [1.29, 1.82) is 0 Å². The van der Waals surface area contributed by atoms with E-state index >= 15 is 0 Å². The maximum absolute atomic E-state index is 13.3. The minimum Gasteiger partial charge on any atom is -0.480 e. The molecule has 146 valence electrons. The molecule has 1 saturated heterocycles. The number of carboxylic acids is 1. The van der Waals surface area contributed by atoms with E-state index < -0.39 is 17.9 Å². The van der Waals surface area contributed by atoms with Gasteiger partial charge in [0.15, 0.2) is 0 Å². The van der Waals surface area contributed by atoms with Gasteiger partial charge >= 0.3 is 5.97 Å². The number of fused-ring (bicyclic) bond motifs is 1. The molecule has 2 aliphatic heterocycles. The Morgan fingerprint density at radius 1 is 1.07 bits per heavy atom. The standard InChI is InChI=1S/C21H16N2O4S2/c1-12(20(26)27)23-19(25)17(29-21(23)28)16-14-9-5-6-10-15(14)22(18(16)24)11-13-7-3-2-4-8-13/h2-10,12H,11H2,1H3,(H,26,27)/b17-16-/t12-/m1/s1. The van der Waals surface area contributed by atoms with Crippen molar-refractivity contribution in [1.82, 2.24) is 4.90 Å². The molecule has 2 amide bonds. The lowest BCUT2D eigenvalue weighted by Crippen LogP contribution is -2.41. The first-order chi connectivity index (χ1) is 13.9. The first-order valence-electron chi connectivity index (χ1n) is 8.87. The molecule has 2 heterocycles. The first kappa shape index (κ1) is 19.4. The molecule has 2 aromatic rings. The van der Waals surface area contributed by atoms with Gasteiger partial charge in [-0.3, -0.25) is 14.5 Å². The van der Waals surface area contributed by atoms with Crippen molar-refractivity contribution in [3.05, 3.63) is 70.6 Å². The summed E-state index contributed by atoms with van der Waals surface area (Å²) in [4.78, 5) is 40.6. The van der Waals surface area contributed by atoms with E-state index in [0.29, 0.717) is 17.8 Å². The smallest absolute Gasteiger partial charge is 0.326 e. The molecule has 0 bridgehead atoms. The van der Waals surface area contributed by atoms with Crippen LogP contribution >= 0.6 is 24.0 Å². The molecule has 0 aromatic heterocycles. The Hall–Kier alpha value is -2.97. The second-order valence-corrected chi connectivity index (χ2v) is 8.30. The van der Waals surface area contributed by atoms with Crippen molar-refractivity contribution in [2.24, 2.45) is 0 Å². The van der Waals surface area contributed by atoms with Crippen LogP contribution in [0.15, 0.2) is 59.5 Å². The van der Waals surface area contributed by atoms with E-state index in [1.165, 1.54) is 6.92 Å². The van der Waals surface area contributed by atoms with Crippen LogP contribution in [0.1, 0.15) is 18.1 Å². The summed E-state index contributed by atoms with van der Waals surface area (Å²) in [6.45, 7) is 1.76. The van der Waals surface area contributed by atoms with Crippen LogP contribution in [0.2, 0.25) is 0 Å². The molecule has 1 N–H and O–H groups in total. The average Bonchev–Trinajstić information content (AvgIpc) is 3.15. The average molecular weight is 425 g/mol. The fourth-order valence-electron chi connectivity index (χ4n) is 3.40. The molecular formula is C21H16N2O4S2. The van der Waals surface area contributed by atoms with Crippen molar-refractivity contribution in [3.8, 4) is 0 Å². The number of benzene rings is 2.